The number of phenolic OH excluding ortho intramolecular Hbond substituents is 2. The first-order chi connectivity index (χ1) is 12.6. The van der Waals surface area contributed by atoms with Crippen molar-refractivity contribution in [1.82, 2.24) is 0 Å². The van der Waals surface area contributed by atoms with Crippen LogP contribution in [0, 0.1) is 0 Å². The minimum atomic E-state index is -3.13. The maximum atomic E-state index is 12.0. The summed E-state index contributed by atoms with van der Waals surface area (Å²) < 4.78 is 23.0. The van der Waals surface area contributed by atoms with Crippen LogP contribution in [0.2, 0.25) is 0 Å². The third kappa shape index (κ3) is 7.36. The molecule has 146 valence electrons. The van der Waals surface area contributed by atoms with E-state index in [4.69, 9.17) is 33.1 Å². The van der Waals surface area contributed by atoms with Gasteiger partial charge in [0.05, 0.1) is 5.39 Å². The molecule has 0 saturated heterocycles. The molecule has 0 atom stereocenters. The Morgan fingerprint density at radius 3 is 1.85 bits per heavy atom. The molecule has 0 amide bonds. The summed E-state index contributed by atoms with van der Waals surface area (Å²) >= 11 is 0. The minimum absolute atomic E-state index is 0.00801. The second-order valence-corrected chi connectivity index (χ2v) is 5.85. The molecule has 3 rings (SSSR count). The van der Waals surface area contributed by atoms with Crippen molar-refractivity contribution in [2.75, 3.05) is 0 Å². The van der Waals surface area contributed by atoms with E-state index >= 15 is 0 Å². The molecule has 6 N–H and O–H groups in total. The predicted octanol–water partition coefficient (Wildman–Crippen LogP) is 1.59. The Kier molecular flexibility index (Phi) is 8.90. The van der Waals surface area contributed by atoms with Crippen LogP contribution >= 0.6 is 16.5 Å². The molecule has 0 fully saturated rings. The predicted molar refractivity (Wildman–Crippen MR) is 98.1 cm³/mol. The van der Waals surface area contributed by atoms with Crippen molar-refractivity contribution in [1.29, 1.82) is 0 Å². The maximum Gasteiger partial charge on any atom is 0.314 e. The second-order valence-electron chi connectivity index (χ2n) is 4.72. The van der Waals surface area contributed by atoms with E-state index in [2.05, 4.69) is 0 Å². The average Bonchev–Trinajstić information content (AvgIpc) is 2.58. The minimum Gasteiger partial charge on any atom is -0.504 e. The van der Waals surface area contributed by atoms with Crippen molar-refractivity contribution in [3.8, 4) is 22.8 Å². The number of fused-ring (bicyclic) bond motifs is 1. The number of phenols is 2. The van der Waals surface area contributed by atoms with E-state index in [1.54, 1.807) is 12.1 Å². The lowest BCUT2D eigenvalue weighted by Gasteiger charge is -2.05. The van der Waals surface area contributed by atoms with Crippen molar-refractivity contribution >= 4 is 27.5 Å². The van der Waals surface area contributed by atoms with Gasteiger partial charge >= 0.3 is 16.5 Å². The van der Waals surface area contributed by atoms with E-state index in [-0.39, 0.29) is 22.1 Å². The van der Waals surface area contributed by atoms with Gasteiger partial charge in [-0.1, -0.05) is 30.3 Å². The molecule has 1 heterocycles. The molecule has 27 heavy (non-hydrogen) atoms. The fourth-order valence-corrected chi connectivity index (χ4v) is 1.94. The Labute approximate surface area is 153 Å². The first-order valence-corrected chi connectivity index (χ1v) is 9.62. The van der Waals surface area contributed by atoms with Gasteiger partial charge in [-0.15, -0.1) is 0 Å². The lowest BCUT2D eigenvalue weighted by molar-refractivity contribution is 0.400. The maximum absolute atomic E-state index is 12.0. The van der Waals surface area contributed by atoms with Gasteiger partial charge in [-0.2, -0.15) is 0 Å². The Bertz CT molecular complexity index is 981. The van der Waals surface area contributed by atoms with Gasteiger partial charge in [0, 0.05) is 11.6 Å². The van der Waals surface area contributed by atoms with Gasteiger partial charge in [-0.05, 0) is 12.1 Å². The molecule has 2 aromatic carbocycles. The lowest BCUT2D eigenvalue weighted by atomic mass is 10.1. The van der Waals surface area contributed by atoms with Crippen molar-refractivity contribution in [3.05, 3.63) is 58.8 Å². The molecule has 0 saturated carbocycles. The highest BCUT2D eigenvalue weighted by molar-refractivity contribution is 7.31. The third-order valence-corrected chi connectivity index (χ3v) is 2.91. The van der Waals surface area contributed by atoms with E-state index in [0.29, 0.717) is 5.76 Å². The van der Waals surface area contributed by atoms with Gasteiger partial charge in [-0.3, -0.25) is 13.9 Å². The van der Waals surface area contributed by atoms with E-state index in [0.717, 1.165) is 5.56 Å². The fourth-order valence-electron chi connectivity index (χ4n) is 1.94. The average molecular weight is 418 g/mol. The van der Waals surface area contributed by atoms with Crippen LogP contribution in [0.1, 0.15) is 0 Å². The van der Waals surface area contributed by atoms with Crippen LogP contribution in [0.25, 0.3) is 22.3 Å². The summed E-state index contributed by atoms with van der Waals surface area (Å²) in [5.74, 6) is -0.396. The monoisotopic (exact) mass is 418 g/mol. The fraction of sp³-hybridized carbons (Fsp3) is 0. The molecule has 10 nitrogen and oxygen atoms in total. The zero-order valence-corrected chi connectivity index (χ0v) is 15.4. The van der Waals surface area contributed by atoms with Gasteiger partial charge in [0.15, 0.2) is 16.8 Å². The quantitative estimate of drug-likeness (QED) is 0.250. The van der Waals surface area contributed by atoms with Crippen LogP contribution in [0.3, 0.4) is 0 Å². The van der Waals surface area contributed by atoms with Crippen LogP contribution in [-0.4, -0.2) is 29.8 Å². The summed E-state index contributed by atoms with van der Waals surface area (Å²) in [7, 11) is -6.26. The normalized spacial score (nSPS) is 10.1. The van der Waals surface area contributed by atoms with Crippen molar-refractivity contribution < 1.29 is 43.3 Å². The molecule has 0 spiro atoms. The molecular weight excluding hydrogens is 402 g/mol. The molecule has 0 unspecified atom stereocenters. The summed E-state index contributed by atoms with van der Waals surface area (Å²) in [6.45, 7) is 0. The Morgan fingerprint density at radius 1 is 0.815 bits per heavy atom. The van der Waals surface area contributed by atoms with Gasteiger partial charge in [-0.25, -0.2) is 0 Å². The number of hydrogen-bond acceptors (Lipinski definition) is 6. The first-order valence-electron chi connectivity index (χ1n) is 7.01. The number of benzene rings is 2. The molecule has 0 aliphatic heterocycles. The van der Waals surface area contributed by atoms with E-state index in [9.17, 15) is 15.0 Å². The summed E-state index contributed by atoms with van der Waals surface area (Å²) in [4.78, 5) is 40.6. The smallest absolute Gasteiger partial charge is 0.314 e. The van der Waals surface area contributed by atoms with Crippen molar-refractivity contribution in [2.45, 2.75) is 0 Å². The molecule has 0 aliphatic rings. The number of hydrogen-bond donors (Lipinski definition) is 6. The highest BCUT2D eigenvalue weighted by Gasteiger charge is 2.12. The molecule has 1 aromatic heterocycles. The largest absolute Gasteiger partial charge is 0.504 e. The highest BCUT2D eigenvalue weighted by Crippen LogP contribution is 2.34. The van der Waals surface area contributed by atoms with E-state index < -0.39 is 22.3 Å². The van der Waals surface area contributed by atoms with Gasteiger partial charge in [0.25, 0.3) is 0 Å². The van der Waals surface area contributed by atoms with Gasteiger partial charge < -0.3 is 34.2 Å². The van der Waals surface area contributed by atoms with Gasteiger partial charge in [0.2, 0.25) is 5.75 Å². The highest BCUT2D eigenvalue weighted by atomic mass is 31.1. The summed E-state index contributed by atoms with van der Waals surface area (Å²) in [6.07, 6.45) is 0. The zero-order chi connectivity index (χ0) is 20.6. The Hall–Kier alpha value is -2.45. The molecule has 3 aromatic rings. The molecular formula is C15H16O10P2. The van der Waals surface area contributed by atoms with Crippen LogP contribution in [0.4, 0.5) is 0 Å². The van der Waals surface area contributed by atoms with Crippen LogP contribution in [-0.2, 0) is 9.13 Å². The van der Waals surface area contributed by atoms with Crippen LogP contribution in [0.5, 0.6) is 11.5 Å². The topological polar surface area (TPSA) is 186 Å². The lowest BCUT2D eigenvalue weighted by Crippen LogP contribution is -2.00. The summed E-state index contributed by atoms with van der Waals surface area (Å²) in [5.41, 5.74) is 0.450. The first kappa shape index (κ1) is 22.6. The molecule has 12 heteroatoms. The summed E-state index contributed by atoms with van der Waals surface area (Å²) in [6, 6.07) is 13.1. The van der Waals surface area contributed by atoms with Gasteiger partial charge in [0.1, 0.15) is 5.76 Å². The SMILES string of the molecule is O=[PH](O)O.O=[PH](O)O.O=c1cc(-c2ccccc2)oc2c(O)c(O)ccc12. The zero-order valence-electron chi connectivity index (χ0n) is 13.4. The van der Waals surface area contributed by atoms with Crippen LogP contribution in [0.15, 0.2) is 57.7 Å². The number of aromatic hydroxyl groups is 2. The summed E-state index contributed by atoms with van der Waals surface area (Å²) in [5, 5.41) is 19.5. The number of rotatable bonds is 1. The second kappa shape index (κ2) is 10.6. The standard InChI is InChI=1S/C15H10O4.2H3O3P/c16-11-7-6-10-12(17)8-13(19-15(10)14(11)18)9-4-2-1-3-5-9;2*1-4(2)3/h1-8,16,18H;2*4H,(H2,1,2,3). The molecule has 0 radical (unpaired) electrons. The van der Waals surface area contributed by atoms with Crippen LogP contribution < -0.4 is 5.43 Å². The van der Waals surface area contributed by atoms with E-state index in [1.165, 1.54) is 18.2 Å². The van der Waals surface area contributed by atoms with Crippen molar-refractivity contribution in [3.63, 3.8) is 0 Å². The Balaban J connectivity index is 0.000000390. The Morgan fingerprint density at radius 2 is 1.33 bits per heavy atom. The molecule has 0 aliphatic carbocycles. The third-order valence-electron chi connectivity index (χ3n) is 2.91. The van der Waals surface area contributed by atoms with Crippen molar-refractivity contribution in [2.24, 2.45) is 0 Å². The molecule has 0 bridgehead atoms. The van der Waals surface area contributed by atoms with E-state index in [1.807, 2.05) is 18.2 Å².